The van der Waals surface area contributed by atoms with Crippen molar-refractivity contribution >= 4 is 33.0 Å². The summed E-state index contributed by atoms with van der Waals surface area (Å²) in [5.41, 5.74) is 2.58. The summed E-state index contributed by atoms with van der Waals surface area (Å²) in [5, 5.41) is 2.88. The lowest BCUT2D eigenvalue weighted by Crippen LogP contribution is -2.36. The first-order valence-electron chi connectivity index (χ1n) is 11.4. The zero-order valence-corrected chi connectivity index (χ0v) is 21.2. The van der Waals surface area contributed by atoms with Crippen LogP contribution in [0.5, 0.6) is 11.5 Å². The van der Waals surface area contributed by atoms with Crippen molar-refractivity contribution in [2.24, 2.45) is 0 Å². The van der Waals surface area contributed by atoms with Crippen molar-refractivity contribution in [3.8, 4) is 11.5 Å². The van der Waals surface area contributed by atoms with Crippen LogP contribution in [0.2, 0.25) is 0 Å². The topological polar surface area (TPSA) is 97.4 Å². The van der Waals surface area contributed by atoms with Crippen molar-refractivity contribution in [3.05, 3.63) is 72.3 Å². The molecule has 1 heterocycles. The van der Waals surface area contributed by atoms with Gasteiger partial charge >= 0.3 is 0 Å². The van der Waals surface area contributed by atoms with Gasteiger partial charge in [0.15, 0.2) is 11.5 Å². The molecule has 1 aliphatic heterocycles. The molecule has 0 unspecified atom stereocenters. The molecule has 3 aromatic carbocycles. The van der Waals surface area contributed by atoms with Crippen molar-refractivity contribution < 1.29 is 27.4 Å². The van der Waals surface area contributed by atoms with Gasteiger partial charge in [0.2, 0.25) is 0 Å². The first-order chi connectivity index (χ1) is 17.3. The fourth-order valence-corrected chi connectivity index (χ4v) is 5.09. The zero-order chi connectivity index (χ0) is 25.7. The molecule has 0 radical (unpaired) electrons. The second-order valence-electron chi connectivity index (χ2n) is 8.14. The normalized spacial score (nSPS) is 13.7. The molecule has 0 spiro atoms. The van der Waals surface area contributed by atoms with E-state index < -0.39 is 10.0 Å². The predicted octanol–water partition coefficient (Wildman–Crippen LogP) is 3.62. The number of anilines is 3. The van der Waals surface area contributed by atoms with Crippen LogP contribution in [0, 0.1) is 0 Å². The van der Waals surface area contributed by atoms with Crippen LogP contribution in [-0.4, -0.2) is 61.9 Å². The van der Waals surface area contributed by atoms with Gasteiger partial charge in [0.05, 0.1) is 38.0 Å². The SMILES string of the molecule is COc1ccc(S(=O)(=O)N(C)c2ccc(C(=O)Nc3ccc(N4CCOCC4)cc3)cc2)cc1OC. The van der Waals surface area contributed by atoms with E-state index in [0.717, 1.165) is 23.1 Å². The number of rotatable bonds is 8. The molecular weight excluding hydrogens is 482 g/mol. The molecule has 190 valence electrons. The fourth-order valence-electron chi connectivity index (χ4n) is 3.88. The van der Waals surface area contributed by atoms with Gasteiger partial charge in [-0.05, 0) is 60.7 Å². The standard InChI is InChI=1S/C26H29N3O6S/c1-28(36(31,32)23-12-13-24(33-2)25(18-23)34-3)21-8-4-19(5-9-21)26(30)27-20-6-10-22(11-7-20)29-14-16-35-17-15-29/h4-13,18H,14-17H2,1-3H3,(H,27,30). The van der Waals surface area contributed by atoms with E-state index in [1.54, 1.807) is 30.3 Å². The summed E-state index contributed by atoms with van der Waals surface area (Å²) in [5.74, 6) is 0.466. The molecule has 10 heteroatoms. The second-order valence-corrected chi connectivity index (χ2v) is 10.1. The highest BCUT2D eigenvalue weighted by Crippen LogP contribution is 2.31. The van der Waals surface area contributed by atoms with Crippen molar-refractivity contribution in [2.45, 2.75) is 4.90 Å². The number of ether oxygens (including phenoxy) is 3. The number of nitrogens with zero attached hydrogens (tertiary/aromatic N) is 2. The second kappa shape index (κ2) is 10.9. The van der Waals surface area contributed by atoms with Crippen LogP contribution in [0.15, 0.2) is 71.6 Å². The van der Waals surface area contributed by atoms with E-state index >= 15 is 0 Å². The lowest BCUT2D eigenvalue weighted by atomic mass is 10.2. The molecule has 36 heavy (non-hydrogen) atoms. The minimum atomic E-state index is -3.86. The maximum Gasteiger partial charge on any atom is 0.264 e. The summed E-state index contributed by atoms with van der Waals surface area (Å²) in [7, 11) is 0.523. The molecule has 1 fully saturated rings. The molecule has 0 aromatic heterocycles. The highest BCUT2D eigenvalue weighted by atomic mass is 32.2. The third-order valence-electron chi connectivity index (χ3n) is 6.01. The Hall–Kier alpha value is -3.76. The summed E-state index contributed by atoms with van der Waals surface area (Å²) in [6.45, 7) is 3.10. The Balaban J connectivity index is 1.44. The Morgan fingerprint density at radius 3 is 2.17 bits per heavy atom. The maximum absolute atomic E-state index is 13.1. The number of hydrogen-bond acceptors (Lipinski definition) is 7. The van der Waals surface area contributed by atoms with Crippen molar-refractivity contribution in [3.63, 3.8) is 0 Å². The van der Waals surface area contributed by atoms with Gasteiger partial charge in [-0.15, -0.1) is 0 Å². The van der Waals surface area contributed by atoms with Crippen molar-refractivity contribution in [2.75, 3.05) is 62.1 Å². The molecule has 9 nitrogen and oxygen atoms in total. The van der Waals surface area contributed by atoms with Gasteiger partial charge < -0.3 is 24.4 Å². The Morgan fingerprint density at radius 2 is 1.56 bits per heavy atom. The Morgan fingerprint density at radius 1 is 0.917 bits per heavy atom. The average Bonchev–Trinajstić information content (AvgIpc) is 2.93. The quantitative estimate of drug-likeness (QED) is 0.493. The highest BCUT2D eigenvalue weighted by molar-refractivity contribution is 7.92. The number of morpholine rings is 1. The van der Waals surface area contributed by atoms with Crippen LogP contribution in [0.25, 0.3) is 0 Å². The van der Waals surface area contributed by atoms with E-state index in [1.807, 2.05) is 24.3 Å². The smallest absolute Gasteiger partial charge is 0.264 e. The van der Waals surface area contributed by atoms with Gasteiger partial charge in [0.25, 0.3) is 15.9 Å². The average molecular weight is 512 g/mol. The number of methoxy groups -OCH3 is 2. The van der Waals surface area contributed by atoms with Crippen LogP contribution in [0.3, 0.4) is 0 Å². The van der Waals surface area contributed by atoms with Gasteiger partial charge in [-0.1, -0.05) is 0 Å². The number of benzene rings is 3. The summed E-state index contributed by atoms with van der Waals surface area (Å²) in [6.07, 6.45) is 0. The fraction of sp³-hybridized carbons (Fsp3) is 0.269. The molecular formula is C26H29N3O6S. The molecule has 3 aromatic rings. The summed E-state index contributed by atoms with van der Waals surface area (Å²) in [4.78, 5) is 15.0. The number of carbonyl (C=O) groups is 1. The molecule has 4 rings (SSSR count). The zero-order valence-electron chi connectivity index (χ0n) is 20.4. The molecule has 0 bridgehead atoms. The van der Waals surface area contributed by atoms with E-state index in [0.29, 0.717) is 41.7 Å². The Kier molecular flexibility index (Phi) is 7.66. The lowest BCUT2D eigenvalue weighted by Gasteiger charge is -2.28. The van der Waals surface area contributed by atoms with Crippen LogP contribution < -0.4 is 24.0 Å². The van der Waals surface area contributed by atoms with Gasteiger partial charge in [-0.2, -0.15) is 0 Å². The molecule has 1 amide bonds. The van der Waals surface area contributed by atoms with Gasteiger partial charge in [0, 0.05) is 43.1 Å². The van der Waals surface area contributed by atoms with E-state index in [4.69, 9.17) is 14.2 Å². The summed E-state index contributed by atoms with van der Waals surface area (Å²) in [6, 6.07) is 18.4. The third-order valence-corrected chi connectivity index (χ3v) is 7.79. The minimum absolute atomic E-state index is 0.0602. The van der Waals surface area contributed by atoms with Crippen LogP contribution >= 0.6 is 0 Å². The van der Waals surface area contributed by atoms with E-state index in [-0.39, 0.29) is 10.8 Å². The van der Waals surface area contributed by atoms with Gasteiger partial charge in [-0.3, -0.25) is 9.10 Å². The number of amides is 1. The van der Waals surface area contributed by atoms with Crippen LogP contribution in [0.4, 0.5) is 17.1 Å². The van der Waals surface area contributed by atoms with Crippen LogP contribution in [0.1, 0.15) is 10.4 Å². The Labute approximate surface area is 211 Å². The van der Waals surface area contributed by atoms with Crippen LogP contribution in [-0.2, 0) is 14.8 Å². The minimum Gasteiger partial charge on any atom is -0.493 e. The summed E-state index contributed by atoms with van der Waals surface area (Å²) >= 11 is 0. The van der Waals surface area contributed by atoms with Gasteiger partial charge in [0.1, 0.15) is 0 Å². The maximum atomic E-state index is 13.1. The first-order valence-corrected chi connectivity index (χ1v) is 12.8. The van der Waals surface area contributed by atoms with E-state index in [2.05, 4.69) is 10.2 Å². The van der Waals surface area contributed by atoms with Gasteiger partial charge in [-0.25, -0.2) is 8.42 Å². The number of nitrogens with one attached hydrogen (secondary N) is 1. The molecule has 0 atom stereocenters. The van der Waals surface area contributed by atoms with E-state index in [1.165, 1.54) is 33.4 Å². The monoisotopic (exact) mass is 511 g/mol. The molecule has 0 aliphatic carbocycles. The summed E-state index contributed by atoms with van der Waals surface area (Å²) < 4.78 is 43.2. The highest BCUT2D eigenvalue weighted by Gasteiger charge is 2.23. The molecule has 1 aliphatic rings. The van der Waals surface area contributed by atoms with Crippen molar-refractivity contribution in [1.82, 2.24) is 0 Å². The van der Waals surface area contributed by atoms with E-state index in [9.17, 15) is 13.2 Å². The Bertz CT molecular complexity index is 1300. The van der Waals surface area contributed by atoms with Crippen molar-refractivity contribution in [1.29, 1.82) is 0 Å². The largest absolute Gasteiger partial charge is 0.493 e. The number of sulfonamides is 1. The number of hydrogen-bond donors (Lipinski definition) is 1. The first kappa shape index (κ1) is 25.3. The number of carbonyl (C=O) groups excluding carboxylic acids is 1. The molecule has 0 saturated carbocycles. The third kappa shape index (κ3) is 5.39. The molecule has 1 saturated heterocycles. The lowest BCUT2D eigenvalue weighted by molar-refractivity contribution is 0.102. The molecule has 1 N–H and O–H groups in total. The predicted molar refractivity (Wildman–Crippen MR) is 139 cm³/mol.